The molecule has 2 aromatic rings. The highest BCUT2D eigenvalue weighted by molar-refractivity contribution is 5.81. The van der Waals surface area contributed by atoms with E-state index in [4.69, 9.17) is 4.84 Å². The minimum absolute atomic E-state index is 0.0249. The number of imidazole rings is 1. The molecular weight excluding hydrogens is 306 g/mol. The van der Waals surface area contributed by atoms with E-state index in [1.165, 1.54) is 5.06 Å². The molecule has 128 valence electrons. The third kappa shape index (κ3) is 2.90. The molecule has 1 amide bonds. The molecule has 1 aromatic heterocycles. The molecule has 7 nitrogen and oxygen atoms in total. The maximum atomic E-state index is 12.5. The predicted molar refractivity (Wildman–Crippen MR) is 89.8 cm³/mol. The van der Waals surface area contributed by atoms with Gasteiger partial charge in [-0.05, 0) is 38.3 Å². The van der Waals surface area contributed by atoms with Crippen LogP contribution in [0, 0.1) is 6.92 Å². The third-order valence-corrected chi connectivity index (χ3v) is 4.78. The lowest BCUT2D eigenvalue weighted by Gasteiger charge is -2.27. The molecular formula is C17H23N5O2. The van der Waals surface area contributed by atoms with Crippen molar-refractivity contribution in [2.24, 2.45) is 0 Å². The molecule has 2 aliphatic rings. The second-order valence-corrected chi connectivity index (χ2v) is 6.51. The lowest BCUT2D eigenvalue weighted by atomic mass is 10.1. The molecule has 2 N–H and O–H groups in total. The summed E-state index contributed by atoms with van der Waals surface area (Å²) in [5, 5.41) is 1.52. The fraction of sp³-hybridized carbons (Fsp3) is 0.529. The minimum atomic E-state index is -0.233. The van der Waals surface area contributed by atoms with E-state index in [9.17, 15) is 4.79 Å². The molecule has 4 rings (SSSR count). The number of hydrogen-bond acceptors (Lipinski definition) is 5. The van der Waals surface area contributed by atoms with Gasteiger partial charge in [0.2, 0.25) is 0 Å². The van der Waals surface area contributed by atoms with Gasteiger partial charge in [0.05, 0.1) is 17.6 Å². The molecule has 0 bridgehead atoms. The highest BCUT2D eigenvalue weighted by Gasteiger charge is 2.33. The fourth-order valence-electron chi connectivity index (χ4n) is 3.49. The summed E-state index contributed by atoms with van der Waals surface area (Å²) in [6.07, 6.45) is 2.77. The lowest BCUT2D eigenvalue weighted by molar-refractivity contribution is -0.198. The summed E-state index contributed by atoms with van der Waals surface area (Å²) in [5.74, 6) is 1.02. The largest absolute Gasteiger partial charge is 0.327 e. The van der Waals surface area contributed by atoms with Crippen molar-refractivity contribution in [1.29, 1.82) is 0 Å². The zero-order valence-corrected chi connectivity index (χ0v) is 13.9. The maximum absolute atomic E-state index is 12.5. The van der Waals surface area contributed by atoms with Crippen molar-refractivity contribution in [3.63, 3.8) is 0 Å². The number of carbonyl (C=O) groups excluding carboxylic acids is 1. The van der Waals surface area contributed by atoms with Crippen LogP contribution in [0.15, 0.2) is 24.3 Å². The van der Waals surface area contributed by atoms with Gasteiger partial charge in [-0.1, -0.05) is 12.1 Å². The highest BCUT2D eigenvalue weighted by atomic mass is 16.7. The van der Waals surface area contributed by atoms with Crippen molar-refractivity contribution >= 4 is 16.9 Å². The van der Waals surface area contributed by atoms with E-state index in [0.29, 0.717) is 13.2 Å². The van der Waals surface area contributed by atoms with E-state index in [1.54, 1.807) is 0 Å². The minimum Gasteiger partial charge on any atom is -0.327 e. The van der Waals surface area contributed by atoms with E-state index in [2.05, 4.69) is 26.5 Å². The van der Waals surface area contributed by atoms with Crippen molar-refractivity contribution in [1.82, 2.24) is 25.5 Å². The van der Waals surface area contributed by atoms with Crippen LogP contribution < -0.4 is 10.9 Å². The third-order valence-electron chi connectivity index (χ3n) is 4.78. The van der Waals surface area contributed by atoms with Crippen LogP contribution in [-0.2, 0) is 16.2 Å². The van der Waals surface area contributed by atoms with Gasteiger partial charge in [-0.15, -0.1) is 0 Å². The Balaban J connectivity index is 1.43. The maximum Gasteiger partial charge on any atom is 0.264 e. The quantitative estimate of drug-likeness (QED) is 0.883. The Morgan fingerprint density at radius 3 is 3.04 bits per heavy atom. The number of rotatable bonds is 3. The molecule has 2 unspecified atom stereocenters. The summed E-state index contributed by atoms with van der Waals surface area (Å²) in [6.45, 7) is 4.12. The Labute approximate surface area is 140 Å². The van der Waals surface area contributed by atoms with Crippen molar-refractivity contribution in [3.8, 4) is 0 Å². The Bertz CT molecular complexity index is 738. The summed E-state index contributed by atoms with van der Waals surface area (Å²) < 4.78 is 2.21. The fourth-order valence-corrected chi connectivity index (χ4v) is 3.49. The molecule has 1 aromatic carbocycles. The molecule has 7 heteroatoms. The van der Waals surface area contributed by atoms with Gasteiger partial charge in [0.15, 0.2) is 0 Å². The monoisotopic (exact) mass is 329 g/mol. The van der Waals surface area contributed by atoms with Crippen LogP contribution in [0.1, 0.15) is 25.1 Å². The number of hydrazine groups is 1. The Morgan fingerprint density at radius 2 is 2.21 bits per heavy atom. The SMILES string of the molecule is Cc1nc2ccccc2n1CC1CC(C(=O)N2CCCCO2)NN1. The normalized spacial score (nSPS) is 24.6. The molecule has 3 heterocycles. The standard InChI is InChI=1S/C17H23N5O2/c1-12-18-14-6-2-3-7-16(14)21(12)11-13-10-15(20-19-13)17(23)22-8-4-5-9-24-22/h2-3,6-7,13,15,19-20H,4-5,8-11H2,1H3. The second-order valence-electron chi connectivity index (χ2n) is 6.51. The van der Waals surface area contributed by atoms with E-state index in [-0.39, 0.29) is 18.0 Å². The van der Waals surface area contributed by atoms with Gasteiger partial charge < -0.3 is 4.57 Å². The predicted octanol–water partition coefficient (Wildman–Crippen LogP) is 1.13. The second kappa shape index (κ2) is 6.51. The number of para-hydroxylation sites is 2. The number of benzene rings is 1. The summed E-state index contributed by atoms with van der Waals surface area (Å²) in [4.78, 5) is 22.6. The van der Waals surface area contributed by atoms with E-state index >= 15 is 0 Å². The molecule has 0 spiro atoms. The number of carbonyl (C=O) groups is 1. The molecule has 2 fully saturated rings. The number of aromatic nitrogens is 2. The zero-order chi connectivity index (χ0) is 16.5. The summed E-state index contributed by atoms with van der Waals surface area (Å²) in [5.41, 5.74) is 8.52. The van der Waals surface area contributed by atoms with E-state index in [0.717, 1.165) is 42.7 Å². The van der Waals surface area contributed by atoms with Crippen LogP contribution >= 0.6 is 0 Å². The van der Waals surface area contributed by atoms with Crippen LogP contribution in [0.3, 0.4) is 0 Å². The van der Waals surface area contributed by atoms with Crippen molar-refractivity contribution < 1.29 is 9.63 Å². The smallest absolute Gasteiger partial charge is 0.264 e. The molecule has 2 atom stereocenters. The number of hydrogen-bond donors (Lipinski definition) is 2. The van der Waals surface area contributed by atoms with E-state index in [1.807, 2.05) is 25.1 Å². The number of nitrogens with one attached hydrogen (secondary N) is 2. The van der Waals surface area contributed by atoms with Gasteiger partial charge in [-0.3, -0.25) is 15.1 Å². The summed E-state index contributed by atoms with van der Waals surface area (Å²) in [6, 6.07) is 8.09. The van der Waals surface area contributed by atoms with Gasteiger partial charge in [0.25, 0.3) is 5.91 Å². The number of hydroxylamine groups is 2. The highest BCUT2D eigenvalue weighted by Crippen LogP contribution is 2.19. The van der Waals surface area contributed by atoms with Gasteiger partial charge in [0, 0.05) is 19.1 Å². The summed E-state index contributed by atoms with van der Waals surface area (Å²) in [7, 11) is 0. The average Bonchev–Trinajstić information content (AvgIpc) is 3.21. The number of amides is 1. The molecule has 0 radical (unpaired) electrons. The Kier molecular flexibility index (Phi) is 4.22. The molecule has 0 saturated carbocycles. The van der Waals surface area contributed by atoms with Crippen molar-refractivity contribution in [3.05, 3.63) is 30.1 Å². The van der Waals surface area contributed by atoms with Gasteiger partial charge >= 0.3 is 0 Å². The molecule has 2 saturated heterocycles. The topological polar surface area (TPSA) is 71.4 Å². The van der Waals surface area contributed by atoms with Crippen LogP contribution in [0.2, 0.25) is 0 Å². The van der Waals surface area contributed by atoms with Crippen molar-refractivity contribution in [2.45, 2.75) is 44.8 Å². The number of aryl methyl sites for hydroxylation is 1. The average molecular weight is 329 g/mol. The zero-order valence-electron chi connectivity index (χ0n) is 13.9. The first-order valence-corrected chi connectivity index (χ1v) is 8.59. The van der Waals surface area contributed by atoms with Crippen LogP contribution in [0.5, 0.6) is 0 Å². The first-order chi connectivity index (χ1) is 11.7. The van der Waals surface area contributed by atoms with Gasteiger partial charge in [-0.25, -0.2) is 15.5 Å². The van der Waals surface area contributed by atoms with Gasteiger partial charge in [0.1, 0.15) is 11.9 Å². The molecule has 2 aliphatic heterocycles. The number of nitrogens with zero attached hydrogens (tertiary/aromatic N) is 3. The molecule has 0 aliphatic carbocycles. The lowest BCUT2D eigenvalue weighted by Crippen LogP contribution is -2.47. The Morgan fingerprint density at radius 1 is 1.33 bits per heavy atom. The first kappa shape index (κ1) is 15.6. The van der Waals surface area contributed by atoms with Gasteiger partial charge in [-0.2, -0.15) is 0 Å². The van der Waals surface area contributed by atoms with Crippen LogP contribution in [0.4, 0.5) is 0 Å². The van der Waals surface area contributed by atoms with E-state index < -0.39 is 0 Å². The molecule has 24 heavy (non-hydrogen) atoms. The number of fused-ring (bicyclic) bond motifs is 1. The Hall–Kier alpha value is -1.96. The summed E-state index contributed by atoms with van der Waals surface area (Å²) >= 11 is 0. The van der Waals surface area contributed by atoms with Crippen LogP contribution in [0.25, 0.3) is 11.0 Å². The first-order valence-electron chi connectivity index (χ1n) is 8.59. The van der Waals surface area contributed by atoms with Crippen molar-refractivity contribution in [2.75, 3.05) is 13.2 Å². The van der Waals surface area contributed by atoms with Crippen LogP contribution in [-0.4, -0.2) is 45.8 Å².